The van der Waals surface area contributed by atoms with Crippen molar-refractivity contribution in [1.82, 2.24) is 4.90 Å². The first-order chi connectivity index (χ1) is 10.1. The average Bonchev–Trinajstić information content (AvgIpc) is 2.83. The maximum absolute atomic E-state index is 12.8. The molecule has 0 radical (unpaired) electrons. The molecule has 0 aliphatic carbocycles. The standard InChI is InChI=1S/C16H19ClN2O2/c1-10-13-8-11(17)5-6-14(13)21-15(10)16(20)19-7-3-2-4-12(19)9-18/h5-6,8,12H,2-4,7,9,18H2,1H3/t12-/m1/s1. The van der Waals surface area contributed by atoms with Crippen molar-refractivity contribution in [3.05, 3.63) is 34.5 Å². The van der Waals surface area contributed by atoms with Gasteiger partial charge in [0.1, 0.15) is 5.58 Å². The Morgan fingerprint density at radius 3 is 3.05 bits per heavy atom. The topological polar surface area (TPSA) is 59.5 Å². The third-order valence-electron chi connectivity index (χ3n) is 4.25. The van der Waals surface area contributed by atoms with Gasteiger partial charge in [0.05, 0.1) is 0 Å². The van der Waals surface area contributed by atoms with Gasteiger partial charge in [0, 0.05) is 35.1 Å². The van der Waals surface area contributed by atoms with E-state index in [0.29, 0.717) is 22.9 Å². The average molecular weight is 307 g/mol. The van der Waals surface area contributed by atoms with Gasteiger partial charge in [0.15, 0.2) is 5.76 Å². The third-order valence-corrected chi connectivity index (χ3v) is 4.49. The van der Waals surface area contributed by atoms with Gasteiger partial charge in [-0.15, -0.1) is 0 Å². The quantitative estimate of drug-likeness (QED) is 0.925. The Morgan fingerprint density at radius 2 is 2.29 bits per heavy atom. The molecule has 0 unspecified atom stereocenters. The number of nitrogens with zero attached hydrogens (tertiary/aromatic N) is 1. The van der Waals surface area contributed by atoms with E-state index in [0.717, 1.165) is 36.8 Å². The number of hydrogen-bond acceptors (Lipinski definition) is 3. The van der Waals surface area contributed by atoms with Crippen molar-refractivity contribution in [3.63, 3.8) is 0 Å². The molecule has 0 bridgehead atoms. The molecule has 2 N–H and O–H groups in total. The number of likely N-dealkylation sites (tertiary alicyclic amines) is 1. The molecule has 1 saturated heterocycles. The van der Waals surface area contributed by atoms with Crippen molar-refractivity contribution >= 4 is 28.5 Å². The highest BCUT2D eigenvalue weighted by atomic mass is 35.5. The summed E-state index contributed by atoms with van der Waals surface area (Å²) in [7, 11) is 0. The number of amides is 1. The van der Waals surface area contributed by atoms with Crippen LogP contribution in [0.25, 0.3) is 11.0 Å². The molecule has 0 saturated carbocycles. The van der Waals surface area contributed by atoms with Crippen molar-refractivity contribution in [2.45, 2.75) is 32.2 Å². The van der Waals surface area contributed by atoms with E-state index in [2.05, 4.69) is 0 Å². The summed E-state index contributed by atoms with van der Waals surface area (Å²) in [6, 6.07) is 5.52. The summed E-state index contributed by atoms with van der Waals surface area (Å²) >= 11 is 6.02. The number of fused-ring (bicyclic) bond motifs is 1. The van der Waals surface area contributed by atoms with E-state index < -0.39 is 0 Å². The third kappa shape index (κ3) is 2.54. The lowest BCUT2D eigenvalue weighted by molar-refractivity contribution is 0.0592. The summed E-state index contributed by atoms with van der Waals surface area (Å²) in [5.74, 6) is 0.350. The molecule has 2 heterocycles. The Kier molecular flexibility index (Phi) is 3.91. The van der Waals surface area contributed by atoms with E-state index in [4.69, 9.17) is 21.8 Å². The minimum absolute atomic E-state index is 0.0602. The van der Waals surface area contributed by atoms with Crippen LogP contribution in [0.5, 0.6) is 0 Å². The molecule has 21 heavy (non-hydrogen) atoms. The second kappa shape index (κ2) is 5.70. The fourth-order valence-corrected chi connectivity index (χ4v) is 3.21. The monoisotopic (exact) mass is 306 g/mol. The molecule has 4 nitrogen and oxygen atoms in total. The van der Waals surface area contributed by atoms with Gasteiger partial charge in [0.25, 0.3) is 5.91 Å². The van der Waals surface area contributed by atoms with Crippen LogP contribution in [-0.2, 0) is 0 Å². The van der Waals surface area contributed by atoms with Crippen molar-refractivity contribution in [1.29, 1.82) is 0 Å². The van der Waals surface area contributed by atoms with Crippen LogP contribution in [0, 0.1) is 6.92 Å². The summed E-state index contributed by atoms with van der Waals surface area (Å²) in [6.07, 6.45) is 3.11. The summed E-state index contributed by atoms with van der Waals surface area (Å²) in [5.41, 5.74) is 7.34. The molecule has 112 valence electrons. The van der Waals surface area contributed by atoms with E-state index in [1.54, 1.807) is 12.1 Å². The molecule has 3 rings (SSSR count). The predicted molar refractivity (Wildman–Crippen MR) is 83.7 cm³/mol. The fraction of sp³-hybridized carbons (Fsp3) is 0.438. The summed E-state index contributed by atoms with van der Waals surface area (Å²) in [4.78, 5) is 14.6. The lowest BCUT2D eigenvalue weighted by Gasteiger charge is -2.34. The Morgan fingerprint density at radius 1 is 1.48 bits per heavy atom. The summed E-state index contributed by atoms with van der Waals surface area (Å²) in [5, 5.41) is 1.54. The molecule has 1 atom stereocenters. The van der Waals surface area contributed by atoms with E-state index in [1.807, 2.05) is 17.9 Å². The number of nitrogens with two attached hydrogens (primary N) is 1. The molecule has 2 aromatic rings. The van der Waals surface area contributed by atoms with E-state index in [9.17, 15) is 4.79 Å². The van der Waals surface area contributed by atoms with Crippen LogP contribution in [0.3, 0.4) is 0 Å². The molecule has 1 aliphatic heterocycles. The summed E-state index contributed by atoms with van der Waals surface area (Å²) in [6.45, 7) is 3.14. The smallest absolute Gasteiger partial charge is 0.290 e. The van der Waals surface area contributed by atoms with E-state index in [-0.39, 0.29) is 11.9 Å². The van der Waals surface area contributed by atoms with Gasteiger partial charge in [-0.1, -0.05) is 11.6 Å². The van der Waals surface area contributed by atoms with Gasteiger partial charge in [-0.2, -0.15) is 0 Å². The zero-order valence-electron chi connectivity index (χ0n) is 12.1. The highest BCUT2D eigenvalue weighted by Gasteiger charge is 2.30. The number of aryl methyl sites for hydroxylation is 1. The molecule has 1 amide bonds. The highest BCUT2D eigenvalue weighted by molar-refractivity contribution is 6.31. The normalized spacial score (nSPS) is 19.2. The van der Waals surface area contributed by atoms with Crippen molar-refractivity contribution < 1.29 is 9.21 Å². The van der Waals surface area contributed by atoms with Crippen LogP contribution in [0.4, 0.5) is 0 Å². The van der Waals surface area contributed by atoms with Gasteiger partial charge in [-0.25, -0.2) is 0 Å². The molecule has 1 aromatic carbocycles. The first-order valence-electron chi connectivity index (χ1n) is 7.31. The lowest BCUT2D eigenvalue weighted by atomic mass is 10.0. The molecule has 0 spiro atoms. The predicted octanol–water partition coefficient (Wildman–Crippen LogP) is 3.35. The van der Waals surface area contributed by atoms with Crippen LogP contribution in [-0.4, -0.2) is 29.9 Å². The second-order valence-corrected chi connectivity index (χ2v) is 6.02. The first kappa shape index (κ1) is 14.4. The van der Waals surface area contributed by atoms with Crippen molar-refractivity contribution in [2.24, 2.45) is 5.73 Å². The largest absolute Gasteiger partial charge is 0.451 e. The highest BCUT2D eigenvalue weighted by Crippen LogP contribution is 2.30. The molecule has 1 aromatic heterocycles. The van der Waals surface area contributed by atoms with Crippen LogP contribution in [0.2, 0.25) is 5.02 Å². The van der Waals surface area contributed by atoms with Gasteiger partial charge < -0.3 is 15.1 Å². The maximum atomic E-state index is 12.8. The van der Waals surface area contributed by atoms with Gasteiger partial charge in [-0.05, 0) is 44.4 Å². The number of piperidine rings is 1. The number of furan rings is 1. The Labute approximate surface area is 128 Å². The zero-order valence-corrected chi connectivity index (χ0v) is 12.8. The zero-order chi connectivity index (χ0) is 15.0. The number of halogens is 1. The lowest BCUT2D eigenvalue weighted by Crippen LogP contribution is -2.47. The SMILES string of the molecule is Cc1c(C(=O)N2CCCC[C@@H]2CN)oc2ccc(Cl)cc12. The number of rotatable bonds is 2. The van der Waals surface area contributed by atoms with Gasteiger partial charge in [-0.3, -0.25) is 4.79 Å². The summed E-state index contributed by atoms with van der Waals surface area (Å²) < 4.78 is 5.77. The number of carbonyl (C=O) groups is 1. The van der Waals surface area contributed by atoms with Crippen molar-refractivity contribution in [2.75, 3.05) is 13.1 Å². The number of benzene rings is 1. The molecule has 1 fully saturated rings. The van der Waals surface area contributed by atoms with Crippen LogP contribution in [0.15, 0.2) is 22.6 Å². The van der Waals surface area contributed by atoms with Crippen LogP contribution >= 0.6 is 11.6 Å². The molecule has 1 aliphatic rings. The van der Waals surface area contributed by atoms with Crippen molar-refractivity contribution in [3.8, 4) is 0 Å². The molecular formula is C16H19ClN2O2. The van der Waals surface area contributed by atoms with Crippen LogP contribution in [0.1, 0.15) is 35.4 Å². The number of carbonyl (C=O) groups excluding carboxylic acids is 1. The maximum Gasteiger partial charge on any atom is 0.290 e. The Balaban J connectivity index is 1.99. The minimum atomic E-state index is -0.0602. The van der Waals surface area contributed by atoms with Gasteiger partial charge in [0.2, 0.25) is 0 Å². The van der Waals surface area contributed by atoms with E-state index >= 15 is 0 Å². The van der Waals surface area contributed by atoms with E-state index in [1.165, 1.54) is 0 Å². The fourth-order valence-electron chi connectivity index (χ4n) is 3.04. The Bertz CT molecular complexity index is 680. The molecular weight excluding hydrogens is 288 g/mol. The minimum Gasteiger partial charge on any atom is -0.451 e. The molecule has 5 heteroatoms. The Hall–Kier alpha value is -1.52. The number of hydrogen-bond donors (Lipinski definition) is 1. The van der Waals surface area contributed by atoms with Gasteiger partial charge >= 0.3 is 0 Å². The van der Waals surface area contributed by atoms with Crippen LogP contribution < -0.4 is 5.73 Å². The first-order valence-corrected chi connectivity index (χ1v) is 7.69. The second-order valence-electron chi connectivity index (χ2n) is 5.58.